The fraction of sp³-hybridized carbons (Fsp3) is 0.393. The third kappa shape index (κ3) is 5.57. The lowest BCUT2D eigenvalue weighted by atomic mass is 9.89. The highest BCUT2D eigenvalue weighted by atomic mass is 32.1. The summed E-state index contributed by atoms with van der Waals surface area (Å²) in [5, 5.41) is 19.3. The summed E-state index contributed by atoms with van der Waals surface area (Å²) >= 11 is 1.65. The summed E-state index contributed by atoms with van der Waals surface area (Å²) < 4.78 is 0. The standard InChI is InChI=1S/C28H35N5O2S/c1-28(12-16-33(17-13-28)27(35)32-14-2-3-15-32)31-22-9-6-20(7-10-22)26(34)30-24-19-21(8-11-23(24)29)25-5-4-18-36-25/h4-11,18-19,27,31,35H,2-3,12-17,29H2,1H3,(H,30,34). The van der Waals surface area contributed by atoms with Gasteiger partial charge in [-0.05, 0) is 86.0 Å². The van der Waals surface area contributed by atoms with E-state index < -0.39 is 6.35 Å². The van der Waals surface area contributed by atoms with Gasteiger partial charge in [0.2, 0.25) is 0 Å². The molecule has 8 heteroatoms. The van der Waals surface area contributed by atoms with Gasteiger partial charge in [-0.2, -0.15) is 0 Å². The largest absolute Gasteiger partial charge is 0.397 e. The van der Waals surface area contributed by atoms with E-state index in [9.17, 15) is 9.90 Å². The molecule has 3 heterocycles. The van der Waals surface area contributed by atoms with E-state index in [0.29, 0.717) is 16.9 Å². The lowest BCUT2D eigenvalue weighted by molar-refractivity contribution is -0.113. The van der Waals surface area contributed by atoms with Crippen molar-refractivity contribution in [1.82, 2.24) is 9.80 Å². The molecule has 3 aromatic rings. The predicted molar refractivity (Wildman–Crippen MR) is 148 cm³/mol. The van der Waals surface area contributed by atoms with Gasteiger partial charge in [0.25, 0.3) is 5.91 Å². The second-order valence-corrected chi connectivity index (χ2v) is 11.1. The average Bonchev–Trinajstić information content (AvgIpc) is 3.61. The molecule has 36 heavy (non-hydrogen) atoms. The zero-order valence-corrected chi connectivity index (χ0v) is 21.6. The van der Waals surface area contributed by atoms with Gasteiger partial charge in [0, 0.05) is 47.8 Å². The molecule has 0 spiro atoms. The minimum Gasteiger partial charge on any atom is -0.397 e. The third-order valence-electron chi connectivity index (χ3n) is 7.40. The molecule has 190 valence electrons. The minimum atomic E-state index is -0.463. The van der Waals surface area contributed by atoms with Gasteiger partial charge in [-0.3, -0.25) is 14.6 Å². The molecular weight excluding hydrogens is 470 g/mol. The van der Waals surface area contributed by atoms with Crippen molar-refractivity contribution in [3.8, 4) is 10.4 Å². The smallest absolute Gasteiger partial charge is 0.255 e. The predicted octanol–water partition coefficient (Wildman–Crippen LogP) is 4.89. The van der Waals surface area contributed by atoms with Gasteiger partial charge in [0.15, 0.2) is 6.35 Å². The van der Waals surface area contributed by atoms with Crippen molar-refractivity contribution in [2.24, 2.45) is 0 Å². The molecule has 2 aromatic carbocycles. The molecule has 0 aliphatic carbocycles. The Balaban J connectivity index is 1.18. The molecule has 1 atom stereocenters. The van der Waals surface area contributed by atoms with Crippen molar-refractivity contribution in [2.45, 2.75) is 44.5 Å². The van der Waals surface area contributed by atoms with Crippen LogP contribution in [0.4, 0.5) is 17.1 Å². The van der Waals surface area contributed by atoms with E-state index in [2.05, 4.69) is 27.4 Å². The van der Waals surface area contributed by atoms with Crippen LogP contribution in [-0.2, 0) is 0 Å². The highest BCUT2D eigenvalue weighted by Gasteiger charge is 2.34. The Hall–Kier alpha value is -2.91. The van der Waals surface area contributed by atoms with Crippen LogP contribution >= 0.6 is 11.3 Å². The van der Waals surface area contributed by atoms with Gasteiger partial charge < -0.3 is 21.5 Å². The van der Waals surface area contributed by atoms with Crippen LogP contribution in [0.5, 0.6) is 0 Å². The number of benzene rings is 2. The van der Waals surface area contributed by atoms with Gasteiger partial charge in [0.05, 0.1) is 11.4 Å². The molecule has 2 aliphatic rings. The number of hydrogen-bond acceptors (Lipinski definition) is 7. The number of nitrogen functional groups attached to an aromatic ring is 1. The Morgan fingerprint density at radius 2 is 1.72 bits per heavy atom. The molecule has 1 aromatic heterocycles. The van der Waals surface area contributed by atoms with Crippen LogP contribution in [0, 0.1) is 0 Å². The topological polar surface area (TPSA) is 93.9 Å². The summed E-state index contributed by atoms with van der Waals surface area (Å²) in [6.45, 7) is 5.91. The highest BCUT2D eigenvalue weighted by molar-refractivity contribution is 7.13. The molecule has 0 radical (unpaired) electrons. The van der Waals surface area contributed by atoms with Crippen molar-refractivity contribution < 1.29 is 9.90 Å². The number of rotatable bonds is 7. The normalized spacial score (nSPS) is 19.2. The number of carbonyl (C=O) groups excluding carboxylic acids is 1. The van der Waals surface area contributed by atoms with Crippen molar-refractivity contribution in [3.05, 3.63) is 65.5 Å². The molecular formula is C28H35N5O2S. The SMILES string of the molecule is CC1(Nc2ccc(C(=O)Nc3cc(-c4cccs4)ccc3N)cc2)CCN(C(O)N2CCCC2)CC1. The summed E-state index contributed by atoms with van der Waals surface area (Å²) in [6.07, 6.45) is 3.77. The number of amides is 1. The molecule has 0 bridgehead atoms. The lowest BCUT2D eigenvalue weighted by Crippen LogP contribution is -2.54. The molecule has 0 saturated carbocycles. The number of aliphatic hydroxyl groups is 1. The van der Waals surface area contributed by atoms with E-state index in [0.717, 1.165) is 55.1 Å². The molecule has 2 fully saturated rings. The van der Waals surface area contributed by atoms with Gasteiger partial charge in [-0.1, -0.05) is 12.1 Å². The first-order valence-corrected chi connectivity index (χ1v) is 13.6. The molecule has 2 aliphatic heterocycles. The molecule has 1 unspecified atom stereocenters. The molecule has 7 nitrogen and oxygen atoms in total. The summed E-state index contributed by atoms with van der Waals surface area (Å²) in [5.41, 5.74) is 9.83. The first-order valence-electron chi connectivity index (χ1n) is 12.7. The van der Waals surface area contributed by atoms with Crippen LogP contribution in [0.25, 0.3) is 10.4 Å². The molecule has 1 amide bonds. The number of likely N-dealkylation sites (tertiary alicyclic amines) is 2. The third-order valence-corrected chi connectivity index (χ3v) is 8.31. The Morgan fingerprint density at radius 3 is 2.39 bits per heavy atom. The van der Waals surface area contributed by atoms with Crippen LogP contribution in [0.1, 0.15) is 43.0 Å². The van der Waals surface area contributed by atoms with Gasteiger partial charge in [0.1, 0.15) is 0 Å². The second-order valence-electron chi connectivity index (χ2n) is 10.1. The minimum absolute atomic E-state index is 0.0539. The number of nitrogens with two attached hydrogens (primary N) is 1. The number of nitrogens with zero attached hydrogens (tertiary/aromatic N) is 2. The van der Waals surface area contributed by atoms with Crippen LogP contribution in [-0.4, -0.2) is 58.9 Å². The monoisotopic (exact) mass is 505 g/mol. The van der Waals surface area contributed by atoms with E-state index >= 15 is 0 Å². The molecule has 5 N–H and O–H groups in total. The Morgan fingerprint density at radius 1 is 1.03 bits per heavy atom. The fourth-order valence-electron chi connectivity index (χ4n) is 5.09. The summed E-state index contributed by atoms with van der Waals surface area (Å²) in [6, 6.07) is 17.4. The molecule has 2 saturated heterocycles. The van der Waals surface area contributed by atoms with Crippen LogP contribution in [0.15, 0.2) is 60.0 Å². The number of nitrogens with one attached hydrogen (secondary N) is 2. The van der Waals surface area contributed by atoms with Crippen molar-refractivity contribution in [3.63, 3.8) is 0 Å². The highest BCUT2D eigenvalue weighted by Crippen LogP contribution is 2.31. The maximum absolute atomic E-state index is 12.9. The maximum atomic E-state index is 12.9. The first kappa shape index (κ1) is 24.8. The quantitative estimate of drug-likeness (QED) is 0.342. The number of piperidine rings is 1. The number of aliphatic hydroxyl groups excluding tert-OH is 1. The summed E-state index contributed by atoms with van der Waals surface area (Å²) in [7, 11) is 0. The number of carbonyl (C=O) groups is 1. The van der Waals surface area contributed by atoms with Crippen molar-refractivity contribution in [1.29, 1.82) is 0 Å². The number of hydrogen-bond donors (Lipinski definition) is 4. The number of anilines is 3. The van der Waals surface area contributed by atoms with Gasteiger partial charge >= 0.3 is 0 Å². The van der Waals surface area contributed by atoms with Crippen molar-refractivity contribution >= 4 is 34.3 Å². The Kier molecular flexibility index (Phi) is 7.29. The van der Waals surface area contributed by atoms with E-state index in [4.69, 9.17) is 5.73 Å². The van der Waals surface area contributed by atoms with Crippen LogP contribution in [0.3, 0.4) is 0 Å². The van der Waals surface area contributed by atoms with E-state index in [1.54, 1.807) is 11.3 Å². The van der Waals surface area contributed by atoms with E-state index in [1.165, 1.54) is 12.8 Å². The van der Waals surface area contributed by atoms with Gasteiger partial charge in [-0.15, -0.1) is 11.3 Å². The maximum Gasteiger partial charge on any atom is 0.255 e. The average molecular weight is 506 g/mol. The van der Waals surface area contributed by atoms with Crippen LogP contribution in [0.2, 0.25) is 0 Å². The Labute approximate surface area is 216 Å². The number of thiophene rings is 1. The van der Waals surface area contributed by atoms with E-state index in [-0.39, 0.29) is 11.4 Å². The van der Waals surface area contributed by atoms with Crippen molar-refractivity contribution in [2.75, 3.05) is 42.5 Å². The zero-order chi connectivity index (χ0) is 25.1. The Bertz CT molecular complexity index is 1170. The lowest BCUT2D eigenvalue weighted by Gasteiger charge is -2.43. The fourth-order valence-corrected chi connectivity index (χ4v) is 5.81. The van der Waals surface area contributed by atoms with E-state index in [1.807, 2.05) is 60.0 Å². The first-order chi connectivity index (χ1) is 17.4. The second kappa shape index (κ2) is 10.6. The molecule has 5 rings (SSSR count). The van der Waals surface area contributed by atoms with Crippen LogP contribution < -0.4 is 16.4 Å². The summed E-state index contributed by atoms with van der Waals surface area (Å²) in [5.74, 6) is -0.188. The summed E-state index contributed by atoms with van der Waals surface area (Å²) in [4.78, 5) is 18.4. The zero-order valence-electron chi connectivity index (χ0n) is 20.7. The van der Waals surface area contributed by atoms with Gasteiger partial charge in [-0.25, -0.2) is 0 Å².